The third-order valence-corrected chi connectivity index (χ3v) is 3.85. The highest BCUT2D eigenvalue weighted by atomic mass is 16.2. The van der Waals surface area contributed by atoms with E-state index in [9.17, 15) is 4.79 Å². The summed E-state index contributed by atoms with van der Waals surface area (Å²) in [7, 11) is 1.00. The van der Waals surface area contributed by atoms with Crippen molar-refractivity contribution in [2.24, 2.45) is 0 Å². The zero-order chi connectivity index (χ0) is 15.8. The Morgan fingerprint density at radius 2 is 2.09 bits per heavy atom. The van der Waals surface area contributed by atoms with Crippen LogP contribution in [0.4, 0.5) is 0 Å². The first kappa shape index (κ1) is 16.2. The van der Waals surface area contributed by atoms with Crippen LogP contribution in [-0.4, -0.2) is 33.7 Å². The zero-order valence-electron chi connectivity index (χ0n) is 12.9. The Morgan fingerprint density at radius 1 is 1.32 bits per heavy atom. The average Bonchev–Trinajstić information content (AvgIpc) is 3.12. The summed E-state index contributed by atoms with van der Waals surface area (Å²) >= 11 is 0. The summed E-state index contributed by atoms with van der Waals surface area (Å²) in [5.74, 6) is 0.0267. The Bertz CT molecular complexity index is 581. The van der Waals surface area contributed by atoms with E-state index in [-0.39, 0.29) is 7.33 Å². The summed E-state index contributed by atoms with van der Waals surface area (Å²) in [6.07, 6.45) is 11.3. The number of benzene rings is 1. The third-order valence-electron chi connectivity index (χ3n) is 3.85. The lowest BCUT2D eigenvalue weighted by Crippen LogP contribution is -2.36. The number of nitrogens with zero attached hydrogens (tertiary/aromatic N) is 2. The molecule has 0 saturated heterocycles. The molecule has 5 heteroatoms. The van der Waals surface area contributed by atoms with E-state index < -0.39 is 0 Å². The van der Waals surface area contributed by atoms with Crippen molar-refractivity contribution < 1.29 is 11.3 Å². The second kappa shape index (κ2) is 8.34. The number of amides is 1. The highest BCUT2D eigenvalue weighted by Crippen LogP contribution is 2.18. The fraction of sp³-hybridized carbons (Fsp3) is 0.412. The second-order valence-corrected chi connectivity index (χ2v) is 5.33. The predicted molar refractivity (Wildman–Crippen MR) is 88.2 cm³/mol. The molecule has 2 N–H and O–H groups in total. The molecule has 1 aromatic carbocycles. The minimum Gasteiger partial charge on any atom is -0.400 e. The fourth-order valence-corrected chi connectivity index (χ4v) is 2.74. The van der Waals surface area contributed by atoms with Crippen LogP contribution in [0.25, 0.3) is 5.69 Å². The van der Waals surface area contributed by atoms with Gasteiger partial charge < -0.3 is 15.0 Å². The molecule has 0 atom stereocenters. The van der Waals surface area contributed by atoms with Gasteiger partial charge in [-0.2, -0.15) is 0 Å². The molecule has 2 aromatic rings. The molecule has 1 aliphatic carbocycles. The number of rotatable bonds is 3. The number of hydrogen-bond acceptors (Lipinski definition) is 3. The molecule has 120 valence electrons. The number of imidazole rings is 1. The van der Waals surface area contributed by atoms with Crippen molar-refractivity contribution in [2.45, 2.75) is 38.1 Å². The maximum absolute atomic E-state index is 12.3. The van der Waals surface area contributed by atoms with Gasteiger partial charge in [0.15, 0.2) is 0 Å². The summed E-state index contributed by atoms with van der Waals surface area (Å²) in [5.41, 5.74) is 1.67. The zero-order valence-corrected chi connectivity index (χ0v) is 12.9. The van der Waals surface area contributed by atoms with Gasteiger partial charge in [0.25, 0.3) is 5.91 Å². The molecule has 0 spiro atoms. The van der Waals surface area contributed by atoms with Gasteiger partial charge in [0.05, 0.1) is 6.33 Å². The number of nitrogens with one attached hydrogen (secondary N) is 1. The standard InChI is InChI=1S/C16H19N3O.CH4O.H2/c20-16(18-14-6-2-1-3-7-14)13-5-4-8-15(11-13)19-10-9-17-12-19;1-2;/h4-5,8-12,14H,1-3,6-7H2,(H,18,20);2H,1H3;1H. The highest BCUT2D eigenvalue weighted by Gasteiger charge is 2.16. The van der Waals surface area contributed by atoms with E-state index in [0.717, 1.165) is 25.6 Å². The molecule has 5 nitrogen and oxygen atoms in total. The van der Waals surface area contributed by atoms with Crippen molar-refractivity contribution in [3.63, 3.8) is 0 Å². The molecular formula is C17H25N3O2. The van der Waals surface area contributed by atoms with E-state index in [1.165, 1.54) is 19.3 Å². The predicted octanol–water partition coefficient (Wildman–Crippen LogP) is 2.79. The first-order chi connectivity index (χ1) is 10.8. The Hall–Kier alpha value is -2.14. The van der Waals surface area contributed by atoms with Crippen molar-refractivity contribution >= 4 is 5.91 Å². The minimum absolute atomic E-state index is 0. The van der Waals surface area contributed by atoms with E-state index >= 15 is 0 Å². The number of aliphatic hydroxyl groups is 1. The normalized spacial score (nSPS) is 14.8. The Morgan fingerprint density at radius 3 is 2.77 bits per heavy atom. The largest absolute Gasteiger partial charge is 0.400 e. The maximum Gasteiger partial charge on any atom is 0.251 e. The SMILES string of the molecule is CO.O=C(NC1CCCCC1)c1cccc(-n2ccnc2)c1.[HH]. The van der Waals surface area contributed by atoms with Crippen LogP contribution in [0.2, 0.25) is 0 Å². The van der Waals surface area contributed by atoms with Gasteiger partial charge in [-0.1, -0.05) is 25.3 Å². The summed E-state index contributed by atoms with van der Waals surface area (Å²) in [5, 5.41) is 10.1. The monoisotopic (exact) mass is 303 g/mol. The van der Waals surface area contributed by atoms with Crippen LogP contribution in [0, 0.1) is 0 Å². The smallest absolute Gasteiger partial charge is 0.251 e. The van der Waals surface area contributed by atoms with Crippen molar-refractivity contribution in [1.82, 2.24) is 14.9 Å². The Balaban J connectivity index is 0.000000849. The summed E-state index contributed by atoms with van der Waals surface area (Å²) in [4.78, 5) is 16.3. The van der Waals surface area contributed by atoms with Crippen molar-refractivity contribution in [2.75, 3.05) is 7.11 Å². The quantitative estimate of drug-likeness (QED) is 0.916. The van der Waals surface area contributed by atoms with E-state index in [2.05, 4.69) is 10.3 Å². The molecule has 1 aromatic heterocycles. The molecule has 1 aliphatic rings. The highest BCUT2D eigenvalue weighted by molar-refractivity contribution is 5.94. The van der Waals surface area contributed by atoms with E-state index in [0.29, 0.717) is 11.6 Å². The Labute approximate surface area is 132 Å². The molecule has 0 radical (unpaired) electrons. The van der Waals surface area contributed by atoms with Gasteiger partial charge in [-0.25, -0.2) is 4.98 Å². The van der Waals surface area contributed by atoms with Crippen LogP contribution in [0.5, 0.6) is 0 Å². The van der Waals surface area contributed by atoms with Gasteiger partial charge in [-0.15, -0.1) is 0 Å². The number of hydrogen-bond donors (Lipinski definition) is 2. The van der Waals surface area contributed by atoms with Crippen LogP contribution in [0.15, 0.2) is 43.0 Å². The van der Waals surface area contributed by atoms with Crippen molar-refractivity contribution in [1.29, 1.82) is 0 Å². The summed E-state index contributed by atoms with van der Waals surface area (Å²) < 4.78 is 1.90. The molecule has 1 fully saturated rings. The molecule has 1 amide bonds. The van der Waals surface area contributed by atoms with E-state index in [1.54, 1.807) is 12.5 Å². The number of aromatic nitrogens is 2. The molecule has 3 rings (SSSR count). The average molecular weight is 303 g/mol. The maximum atomic E-state index is 12.3. The molecule has 0 bridgehead atoms. The van der Waals surface area contributed by atoms with Gasteiger partial charge in [0.2, 0.25) is 0 Å². The van der Waals surface area contributed by atoms with Gasteiger partial charge in [0, 0.05) is 38.2 Å². The minimum atomic E-state index is 0. The molecule has 0 unspecified atom stereocenters. The Kier molecular flexibility index (Phi) is 6.15. The van der Waals surface area contributed by atoms with Gasteiger partial charge in [-0.05, 0) is 31.0 Å². The van der Waals surface area contributed by atoms with Crippen molar-refractivity contribution in [3.05, 3.63) is 48.5 Å². The summed E-state index contributed by atoms with van der Waals surface area (Å²) in [6.45, 7) is 0. The first-order valence-corrected chi connectivity index (χ1v) is 7.67. The second-order valence-electron chi connectivity index (χ2n) is 5.33. The van der Waals surface area contributed by atoms with Crippen molar-refractivity contribution in [3.8, 4) is 5.69 Å². The number of carbonyl (C=O) groups excluding carboxylic acids is 1. The lowest BCUT2D eigenvalue weighted by atomic mass is 9.95. The lowest BCUT2D eigenvalue weighted by molar-refractivity contribution is 0.0927. The van der Waals surface area contributed by atoms with Crippen LogP contribution in [0.3, 0.4) is 0 Å². The molecule has 0 aliphatic heterocycles. The van der Waals surface area contributed by atoms with Crippen LogP contribution < -0.4 is 5.32 Å². The van der Waals surface area contributed by atoms with E-state index in [4.69, 9.17) is 5.11 Å². The first-order valence-electron chi connectivity index (χ1n) is 7.67. The lowest BCUT2D eigenvalue weighted by Gasteiger charge is -2.22. The van der Waals surface area contributed by atoms with Gasteiger partial charge in [0.1, 0.15) is 0 Å². The summed E-state index contributed by atoms with van der Waals surface area (Å²) in [6, 6.07) is 7.98. The molecule has 22 heavy (non-hydrogen) atoms. The number of aliphatic hydroxyl groups excluding tert-OH is 1. The van der Waals surface area contributed by atoms with E-state index in [1.807, 2.05) is 35.0 Å². The number of carbonyl (C=O) groups is 1. The van der Waals surface area contributed by atoms with Gasteiger partial charge >= 0.3 is 0 Å². The van der Waals surface area contributed by atoms with Gasteiger partial charge in [-0.3, -0.25) is 4.79 Å². The molecule has 1 heterocycles. The fourth-order valence-electron chi connectivity index (χ4n) is 2.74. The van der Waals surface area contributed by atoms with Crippen LogP contribution in [0.1, 0.15) is 43.9 Å². The molecular weight excluding hydrogens is 278 g/mol. The van der Waals surface area contributed by atoms with Crippen LogP contribution >= 0.6 is 0 Å². The molecule has 1 saturated carbocycles. The third kappa shape index (κ3) is 4.18. The topological polar surface area (TPSA) is 67.2 Å². The van der Waals surface area contributed by atoms with Crippen LogP contribution in [-0.2, 0) is 0 Å².